The van der Waals surface area contributed by atoms with Gasteiger partial charge in [-0.15, -0.1) is 0 Å². The van der Waals surface area contributed by atoms with E-state index in [1.807, 2.05) is 13.0 Å². The molecule has 0 fully saturated rings. The van der Waals surface area contributed by atoms with Crippen molar-refractivity contribution in [3.8, 4) is 11.4 Å². The van der Waals surface area contributed by atoms with Crippen LogP contribution in [0.5, 0.6) is 0 Å². The molecule has 7 heteroatoms. The fraction of sp³-hybridized carbons (Fsp3) is 0.231. The average Bonchev–Trinajstić information content (AvgIpc) is 3.10. The van der Waals surface area contributed by atoms with Crippen molar-refractivity contribution in [3.05, 3.63) is 48.1 Å². The van der Waals surface area contributed by atoms with Crippen LogP contribution >= 0.6 is 0 Å². The Morgan fingerprint density at radius 1 is 1.35 bits per heavy atom. The Morgan fingerprint density at radius 2 is 2.25 bits per heavy atom. The highest BCUT2D eigenvalue weighted by atomic mass is 16.5. The predicted molar refractivity (Wildman–Crippen MR) is 71.5 cm³/mol. The SMILES string of the molecule is Cc1cnccc1-c1noc([C@@H](N)Cc2cnc[nH]2)n1. The summed E-state index contributed by atoms with van der Waals surface area (Å²) in [5, 5.41) is 3.98. The van der Waals surface area contributed by atoms with Crippen molar-refractivity contribution in [1.29, 1.82) is 0 Å². The lowest BCUT2D eigenvalue weighted by molar-refractivity contribution is 0.354. The molecule has 102 valence electrons. The average molecular weight is 270 g/mol. The van der Waals surface area contributed by atoms with Gasteiger partial charge < -0.3 is 15.2 Å². The van der Waals surface area contributed by atoms with E-state index < -0.39 is 0 Å². The zero-order valence-electron chi connectivity index (χ0n) is 10.9. The van der Waals surface area contributed by atoms with Gasteiger partial charge in [0.25, 0.3) is 0 Å². The van der Waals surface area contributed by atoms with Crippen molar-refractivity contribution in [2.45, 2.75) is 19.4 Å². The van der Waals surface area contributed by atoms with Crippen LogP contribution < -0.4 is 5.73 Å². The van der Waals surface area contributed by atoms with Crippen molar-refractivity contribution in [3.63, 3.8) is 0 Å². The summed E-state index contributed by atoms with van der Waals surface area (Å²) in [6.07, 6.45) is 7.36. The number of imidazole rings is 1. The number of pyridine rings is 1. The summed E-state index contributed by atoms with van der Waals surface area (Å²) in [4.78, 5) is 15.3. The molecule has 0 aliphatic carbocycles. The first-order valence-electron chi connectivity index (χ1n) is 6.21. The lowest BCUT2D eigenvalue weighted by atomic mass is 10.1. The first kappa shape index (κ1) is 12.5. The van der Waals surface area contributed by atoms with Crippen LogP contribution in [0.3, 0.4) is 0 Å². The summed E-state index contributed by atoms with van der Waals surface area (Å²) in [6.45, 7) is 1.95. The van der Waals surface area contributed by atoms with Gasteiger partial charge in [0.2, 0.25) is 11.7 Å². The molecule has 3 rings (SSSR count). The van der Waals surface area contributed by atoms with Gasteiger partial charge in [-0.1, -0.05) is 5.16 Å². The van der Waals surface area contributed by atoms with Gasteiger partial charge in [-0.05, 0) is 18.6 Å². The largest absolute Gasteiger partial charge is 0.348 e. The summed E-state index contributed by atoms with van der Waals surface area (Å²) in [5.74, 6) is 0.936. The Balaban J connectivity index is 1.81. The highest BCUT2D eigenvalue weighted by Gasteiger charge is 2.17. The minimum absolute atomic E-state index is 0.362. The Bertz CT molecular complexity index is 690. The number of rotatable bonds is 4. The number of aryl methyl sites for hydroxylation is 1. The predicted octanol–water partition coefficient (Wildman–Crippen LogP) is 1.41. The van der Waals surface area contributed by atoms with E-state index in [1.165, 1.54) is 0 Å². The van der Waals surface area contributed by atoms with Gasteiger partial charge in [0.15, 0.2) is 0 Å². The Hall–Kier alpha value is -2.54. The van der Waals surface area contributed by atoms with E-state index in [0.29, 0.717) is 18.1 Å². The van der Waals surface area contributed by atoms with E-state index in [9.17, 15) is 0 Å². The van der Waals surface area contributed by atoms with Crippen LogP contribution in [0.4, 0.5) is 0 Å². The van der Waals surface area contributed by atoms with Gasteiger partial charge in [-0.25, -0.2) is 4.98 Å². The summed E-state index contributed by atoms with van der Waals surface area (Å²) in [5.41, 5.74) is 8.87. The van der Waals surface area contributed by atoms with E-state index in [-0.39, 0.29) is 6.04 Å². The highest BCUT2D eigenvalue weighted by Crippen LogP contribution is 2.21. The molecule has 7 nitrogen and oxygen atoms in total. The van der Waals surface area contributed by atoms with E-state index in [0.717, 1.165) is 16.8 Å². The minimum atomic E-state index is -0.362. The zero-order valence-corrected chi connectivity index (χ0v) is 10.9. The van der Waals surface area contributed by atoms with Crippen molar-refractivity contribution in [2.75, 3.05) is 0 Å². The Morgan fingerprint density at radius 3 is 3.00 bits per heavy atom. The normalized spacial score (nSPS) is 12.5. The maximum atomic E-state index is 6.06. The Labute approximate surface area is 115 Å². The van der Waals surface area contributed by atoms with Crippen molar-refractivity contribution >= 4 is 0 Å². The number of nitrogens with zero attached hydrogens (tertiary/aromatic N) is 4. The third-order valence-electron chi connectivity index (χ3n) is 3.01. The molecule has 0 aromatic carbocycles. The van der Waals surface area contributed by atoms with Gasteiger partial charge in [-0.2, -0.15) is 4.98 Å². The molecule has 3 N–H and O–H groups in total. The molecular weight excluding hydrogens is 256 g/mol. The summed E-state index contributed by atoms with van der Waals surface area (Å²) in [6, 6.07) is 1.49. The van der Waals surface area contributed by atoms with Gasteiger partial charge in [0, 0.05) is 36.3 Å². The standard InChI is InChI=1S/C13H14N6O/c1-8-5-15-3-2-10(8)12-18-13(20-19-12)11(14)4-9-6-16-7-17-9/h2-3,5-7,11H,4,14H2,1H3,(H,16,17)/t11-/m0/s1. The molecule has 1 atom stereocenters. The van der Waals surface area contributed by atoms with Gasteiger partial charge in [0.05, 0.1) is 12.4 Å². The fourth-order valence-corrected chi connectivity index (χ4v) is 1.94. The smallest absolute Gasteiger partial charge is 0.244 e. The molecule has 3 aromatic rings. The molecule has 0 saturated heterocycles. The molecule has 0 amide bonds. The fourth-order valence-electron chi connectivity index (χ4n) is 1.94. The summed E-state index contributed by atoms with van der Waals surface area (Å²) < 4.78 is 5.24. The molecule has 0 aliphatic rings. The van der Waals surface area contributed by atoms with Gasteiger partial charge in [0.1, 0.15) is 0 Å². The maximum Gasteiger partial charge on any atom is 0.244 e. The molecule has 3 heterocycles. The number of H-pyrrole nitrogens is 1. The lowest BCUT2D eigenvalue weighted by Crippen LogP contribution is -2.14. The monoisotopic (exact) mass is 270 g/mol. The molecule has 0 bridgehead atoms. The molecule has 0 saturated carbocycles. The van der Waals surface area contributed by atoms with Crippen LogP contribution in [0.15, 0.2) is 35.5 Å². The number of aromatic amines is 1. The molecular formula is C13H14N6O. The quantitative estimate of drug-likeness (QED) is 0.742. The van der Waals surface area contributed by atoms with E-state index in [2.05, 4.69) is 25.1 Å². The molecule has 0 radical (unpaired) electrons. The number of hydrogen-bond donors (Lipinski definition) is 2. The second-order valence-electron chi connectivity index (χ2n) is 4.53. The maximum absolute atomic E-state index is 6.06. The Kier molecular flexibility index (Phi) is 3.26. The third kappa shape index (κ3) is 2.43. The number of aromatic nitrogens is 5. The molecule has 0 unspecified atom stereocenters. The second-order valence-corrected chi connectivity index (χ2v) is 4.53. The summed E-state index contributed by atoms with van der Waals surface area (Å²) >= 11 is 0. The number of nitrogens with one attached hydrogen (secondary N) is 1. The highest BCUT2D eigenvalue weighted by molar-refractivity contribution is 5.57. The number of nitrogens with two attached hydrogens (primary N) is 1. The van der Waals surface area contributed by atoms with Crippen LogP contribution in [-0.4, -0.2) is 25.1 Å². The van der Waals surface area contributed by atoms with Crippen LogP contribution in [-0.2, 0) is 6.42 Å². The van der Waals surface area contributed by atoms with Crippen molar-refractivity contribution in [2.24, 2.45) is 5.73 Å². The molecule has 0 spiro atoms. The van der Waals surface area contributed by atoms with Crippen LogP contribution in [0, 0.1) is 6.92 Å². The van der Waals surface area contributed by atoms with Crippen LogP contribution in [0.2, 0.25) is 0 Å². The molecule has 0 aliphatic heterocycles. The molecule has 20 heavy (non-hydrogen) atoms. The first-order valence-corrected chi connectivity index (χ1v) is 6.21. The first-order chi connectivity index (χ1) is 9.74. The van der Waals surface area contributed by atoms with Crippen molar-refractivity contribution in [1.82, 2.24) is 25.1 Å². The van der Waals surface area contributed by atoms with Gasteiger partial charge in [-0.3, -0.25) is 4.98 Å². The van der Waals surface area contributed by atoms with Crippen molar-refractivity contribution < 1.29 is 4.52 Å². The van der Waals surface area contributed by atoms with Crippen LogP contribution in [0.1, 0.15) is 23.2 Å². The van der Waals surface area contributed by atoms with E-state index >= 15 is 0 Å². The van der Waals surface area contributed by atoms with E-state index in [1.54, 1.807) is 24.9 Å². The summed E-state index contributed by atoms with van der Waals surface area (Å²) in [7, 11) is 0. The van der Waals surface area contributed by atoms with Gasteiger partial charge >= 0.3 is 0 Å². The number of hydrogen-bond acceptors (Lipinski definition) is 6. The topological polar surface area (TPSA) is 107 Å². The van der Waals surface area contributed by atoms with Crippen LogP contribution in [0.25, 0.3) is 11.4 Å². The molecule has 3 aromatic heterocycles. The van der Waals surface area contributed by atoms with E-state index in [4.69, 9.17) is 10.3 Å². The minimum Gasteiger partial charge on any atom is -0.348 e. The second kappa shape index (κ2) is 5.22. The lowest BCUT2D eigenvalue weighted by Gasteiger charge is -2.03. The third-order valence-corrected chi connectivity index (χ3v) is 3.01. The zero-order chi connectivity index (χ0) is 13.9.